The standard InChI is InChI=1S/C14H22N2O3S/c1-9(2)7-11(4)16-14(17)12-6-5-10(3)13(8-12)20(15,18)19/h5-6,8-9,11H,7H2,1-4H3,(H,16,17)(H2,15,18,19). The zero-order chi connectivity index (χ0) is 15.5. The molecule has 112 valence electrons. The predicted molar refractivity (Wildman–Crippen MR) is 78.9 cm³/mol. The average Bonchev–Trinajstić information content (AvgIpc) is 2.26. The Morgan fingerprint density at radius 1 is 1.30 bits per heavy atom. The summed E-state index contributed by atoms with van der Waals surface area (Å²) < 4.78 is 22.9. The molecule has 1 aromatic carbocycles. The summed E-state index contributed by atoms with van der Waals surface area (Å²) in [5, 5.41) is 7.99. The van der Waals surface area contributed by atoms with Crippen molar-refractivity contribution in [1.29, 1.82) is 0 Å². The minimum atomic E-state index is -3.82. The van der Waals surface area contributed by atoms with Crippen LogP contribution in [0.2, 0.25) is 0 Å². The maximum absolute atomic E-state index is 12.1. The van der Waals surface area contributed by atoms with Crippen molar-refractivity contribution >= 4 is 15.9 Å². The molecule has 0 heterocycles. The second kappa shape index (κ2) is 6.37. The third-order valence-corrected chi connectivity index (χ3v) is 4.01. The van der Waals surface area contributed by atoms with E-state index in [0.717, 1.165) is 6.42 Å². The number of hydrogen-bond donors (Lipinski definition) is 2. The fraction of sp³-hybridized carbons (Fsp3) is 0.500. The highest BCUT2D eigenvalue weighted by atomic mass is 32.2. The largest absolute Gasteiger partial charge is 0.350 e. The summed E-state index contributed by atoms with van der Waals surface area (Å²) in [6, 6.07) is 4.53. The molecule has 1 rings (SSSR count). The van der Waals surface area contributed by atoms with Crippen molar-refractivity contribution < 1.29 is 13.2 Å². The van der Waals surface area contributed by atoms with Crippen LogP contribution < -0.4 is 10.5 Å². The first-order valence-electron chi connectivity index (χ1n) is 6.55. The summed E-state index contributed by atoms with van der Waals surface area (Å²) in [6.45, 7) is 7.72. The number of amides is 1. The van der Waals surface area contributed by atoms with Crippen LogP contribution in [0.3, 0.4) is 0 Å². The monoisotopic (exact) mass is 298 g/mol. The Labute approximate surface area is 120 Å². The minimum Gasteiger partial charge on any atom is -0.350 e. The number of nitrogens with two attached hydrogens (primary N) is 1. The molecule has 0 aliphatic carbocycles. The Morgan fingerprint density at radius 2 is 1.90 bits per heavy atom. The lowest BCUT2D eigenvalue weighted by atomic mass is 10.0. The van der Waals surface area contributed by atoms with Crippen LogP contribution in [0.5, 0.6) is 0 Å². The van der Waals surface area contributed by atoms with Gasteiger partial charge in [0.15, 0.2) is 0 Å². The summed E-state index contributed by atoms with van der Waals surface area (Å²) in [6.07, 6.45) is 0.861. The second-order valence-electron chi connectivity index (χ2n) is 5.53. The average molecular weight is 298 g/mol. The van der Waals surface area contributed by atoms with Gasteiger partial charge in [-0.3, -0.25) is 4.79 Å². The van der Waals surface area contributed by atoms with E-state index in [2.05, 4.69) is 19.2 Å². The van der Waals surface area contributed by atoms with Crippen LogP contribution in [0, 0.1) is 12.8 Å². The quantitative estimate of drug-likeness (QED) is 0.868. The van der Waals surface area contributed by atoms with Crippen molar-refractivity contribution in [3.05, 3.63) is 29.3 Å². The number of hydrogen-bond acceptors (Lipinski definition) is 3. The summed E-state index contributed by atoms with van der Waals surface area (Å²) in [7, 11) is -3.82. The molecule has 0 fully saturated rings. The van der Waals surface area contributed by atoms with E-state index in [-0.39, 0.29) is 16.8 Å². The Bertz CT molecular complexity index is 594. The van der Waals surface area contributed by atoms with Crippen LogP contribution in [0.1, 0.15) is 43.1 Å². The van der Waals surface area contributed by atoms with E-state index in [1.165, 1.54) is 6.07 Å². The van der Waals surface area contributed by atoms with Crippen molar-refractivity contribution in [2.24, 2.45) is 11.1 Å². The van der Waals surface area contributed by atoms with E-state index in [9.17, 15) is 13.2 Å². The van der Waals surface area contributed by atoms with Gasteiger partial charge in [0.2, 0.25) is 10.0 Å². The van der Waals surface area contributed by atoms with E-state index in [1.54, 1.807) is 19.1 Å². The van der Waals surface area contributed by atoms with Crippen molar-refractivity contribution in [2.45, 2.75) is 45.1 Å². The number of nitrogens with one attached hydrogen (secondary N) is 1. The van der Waals surface area contributed by atoms with Gasteiger partial charge in [-0.2, -0.15) is 0 Å². The van der Waals surface area contributed by atoms with Gasteiger partial charge < -0.3 is 5.32 Å². The number of primary sulfonamides is 1. The van der Waals surface area contributed by atoms with Gasteiger partial charge in [0, 0.05) is 11.6 Å². The minimum absolute atomic E-state index is 0.0123. The highest BCUT2D eigenvalue weighted by Crippen LogP contribution is 2.16. The number of carbonyl (C=O) groups excluding carboxylic acids is 1. The van der Waals surface area contributed by atoms with Gasteiger partial charge in [0.1, 0.15) is 0 Å². The zero-order valence-corrected chi connectivity index (χ0v) is 13.1. The molecule has 0 aliphatic heterocycles. The number of rotatable bonds is 5. The fourth-order valence-electron chi connectivity index (χ4n) is 2.12. The molecule has 0 aliphatic rings. The van der Waals surface area contributed by atoms with E-state index in [1.807, 2.05) is 6.92 Å². The number of sulfonamides is 1. The van der Waals surface area contributed by atoms with Crippen LogP contribution in [0.15, 0.2) is 23.1 Å². The summed E-state index contributed by atoms with van der Waals surface area (Å²) in [5.41, 5.74) is 0.828. The van der Waals surface area contributed by atoms with Crippen LogP contribution in [0.4, 0.5) is 0 Å². The van der Waals surface area contributed by atoms with Gasteiger partial charge >= 0.3 is 0 Å². The molecule has 5 nitrogen and oxygen atoms in total. The van der Waals surface area contributed by atoms with Crippen LogP contribution in [0.25, 0.3) is 0 Å². The molecular formula is C14H22N2O3S. The zero-order valence-electron chi connectivity index (χ0n) is 12.3. The molecule has 6 heteroatoms. The first-order chi connectivity index (χ1) is 9.11. The normalized spacial score (nSPS) is 13.3. The Kier molecular flexibility index (Phi) is 5.30. The van der Waals surface area contributed by atoms with E-state index in [0.29, 0.717) is 17.0 Å². The molecule has 0 aromatic heterocycles. The molecule has 0 spiro atoms. The fourth-order valence-corrected chi connectivity index (χ4v) is 2.93. The van der Waals surface area contributed by atoms with Gasteiger partial charge in [0.25, 0.3) is 5.91 Å². The molecule has 1 atom stereocenters. The van der Waals surface area contributed by atoms with E-state index >= 15 is 0 Å². The van der Waals surface area contributed by atoms with Gasteiger partial charge in [-0.15, -0.1) is 0 Å². The van der Waals surface area contributed by atoms with E-state index < -0.39 is 10.0 Å². The van der Waals surface area contributed by atoms with Crippen molar-refractivity contribution in [3.63, 3.8) is 0 Å². The maximum atomic E-state index is 12.1. The lowest BCUT2D eigenvalue weighted by Gasteiger charge is -2.16. The van der Waals surface area contributed by atoms with Crippen molar-refractivity contribution in [3.8, 4) is 0 Å². The highest BCUT2D eigenvalue weighted by molar-refractivity contribution is 7.89. The van der Waals surface area contributed by atoms with Crippen LogP contribution in [-0.2, 0) is 10.0 Å². The van der Waals surface area contributed by atoms with Gasteiger partial charge in [-0.25, -0.2) is 13.6 Å². The number of benzene rings is 1. The molecule has 20 heavy (non-hydrogen) atoms. The topological polar surface area (TPSA) is 89.3 Å². The first-order valence-corrected chi connectivity index (χ1v) is 8.10. The molecule has 0 saturated heterocycles. The molecule has 0 radical (unpaired) electrons. The van der Waals surface area contributed by atoms with Crippen LogP contribution >= 0.6 is 0 Å². The third kappa shape index (κ3) is 4.61. The van der Waals surface area contributed by atoms with Crippen molar-refractivity contribution in [1.82, 2.24) is 5.32 Å². The van der Waals surface area contributed by atoms with Gasteiger partial charge in [0.05, 0.1) is 4.90 Å². The van der Waals surface area contributed by atoms with Gasteiger partial charge in [-0.1, -0.05) is 19.9 Å². The highest BCUT2D eigenvalue weighted by Gasteiger charge is 2.16. The lowest BCUT2D eigenvalue weighted by molar-refractivity contribution is 0.0936. The predicted octanol–water partition coefficient (Wildman–Crippen LogP) is 1.81. The molecule has 1 amide bonds. The molecule has 0 bridgehead atoms. The molecule has 0 saturated carbocycles. The number of carbonyl (C=O) groups is 1. The van der Waals surface area contributed by atoms with E-state index in [4.69, 9.17) is 5.14 Å². The molecule has 3 N–H and O–H groups in total. The Hall–Kier alpha value is -1.40. The number of aryl methyl sites for hydroxylation is 1. The molecule has 1 aromatic rings. The van der Waals surface area contributed by atoms with Crippen LogP contribution in [-0.4, -0.2) is 20.4 Å². The lowest BCUT2D eigenvalue weighted by Crippen LogP contribution is -2.33. The Morgan fingerprint density at radius 3 is 2.40 bits per heavy atom. The Balaban J connectivity index is 2.95. The van der Waals surface area contributed by atoms with Gasteiger partial charge in [-0.05, 0) is 43.9 Å². The SMILES string of the molecule is Cc1ccc(C(=O)NC(C)CC(C)C)cc1S(N)(=O)=O. The molecule has 1 unspecified atom stereocenters. The summed E-state index contributed by atoms with van der Waals surface area (Å²) in [5.74, 6) is 0.186. The first kappa shape index (κ1) is 16.7. The second-order valence-corrected chi connectivity index (χ2v) is 7.06. The van der Waals surface area contributed by atoms with Crippen molar-refractivity contribution in [2.75, 3.05) is 0 Å². The maximum Gasteiger partial charge on any atom is 0.251 e. The summed E-state index contributed by atoms with van der Waals surface area (Å²) >= 11 is 0. The summed E-state index contributed by atoms with van der Waals surface area (Å²) in [4.78, 5) is 12.1. The molecular weight excluding hydrogens is 276 g/mol. The third-order valence-electron chi connectivity index (χ3n) is 2.96. The smallest absolute Gasteiger partial charge is 0.251 e.